The summed E-state index contributed by atoms with van der Waals surface area (Å²) in [4.78, 5) is 67.5. The zero-order chi connectivity index (χ0) is 44.9. The molecule has 2 aliphatic heterocycles. The first-order valence-corrected chi connectivity index (χ1v) is 23.2. The molecule has 1 aromatic heterocycles. The Balaban J connectivity index is 1.31. The molecule has 5 aliphatic rings. The van der Waals surface area contributed by atoms with Gasteiger partial charge in [0.1, 0.15) is 18.0 Å². The van der Waals surface area contributed by atoms with Crippen LogP contribution in [0.25, 0.3) is 11.0 Å². The van der Waals surface area contributed by atoms with Crippen molar-refractivity contribution in [1.29, 1.82) is 0 Å². The van der Waals surface area contributed by atoms with E-state index in [1.54, 1.807) is 33.8 Å². The van der Waals surface area contributed by atoms with Gasteiger partial charge < -0.3 is 19.1 Å². The molecule has 62 heavy (non-hydrogen) atoms. The number of methoxy groups -OCH3 is 1. The Labute approximate surface area is 359 Å². The fraction of sp³-hybridized carbons (Fsp3) is 0.682. The molecule has 1 aromatic carbocycles. The average molecular weight is 893 g/mol. The molecule has 2 amide bonds. The van der Waals surface area contributed by atoms with E-state index in [9.17, 15) is 31.6 Å². The molecule has 0 radical (unpaired) electrons. The number of ketones is 1. The van der Waals surface area contributed by atoms with Gasteiger partial charge >= 0.3 is 5.97 Å². The van der Waals surface area contributed by atoms with Gasteiger partial charge in [-0.15, -0.1) is 0 Å². The van der Waals surface area contributed by atoms with Crippen molar-refractivity contribution in [3.63, 3.8) is 0 Å². The number of benzene rings is 1. The Kier molecular flexibility index (Phi) is 12.8. The molecule has 2 saturated carbocycles. The summed E-state index contributed by atoms with van der Waals surface area (Å²) in [5.74, 6) is -10.8. The van der Waals surface area contributed by atoms with Crippen molar-refractivity contribution in [1.82, 2.24) is 19.6 Å². The van der Waals surface area contributed by atoms with Gasteiger partial charge in [0.05, 0.1) is 53.7 Å². The molecule has 3 fully saturated rings. The molecular formula is C44H56F4N4O9S. The van der Waals surface area contributed by atoms with Crippen LogP contribution < -0.4 is 14.2 Å². The number of aromatic nitrogens is 2. The second-order valence-electron chi connectivity index (χ2n) is 18.8. The van der Waals surface area contributed by atoms with Crippen LogP contribution in [0.4, 0.5) is 17.6 Å². The van der Waals surface area contributed by atoms with Crippen molar-refractivity contribution >= 4 is 44.6 Å². The molecule has 3 heterocycles. The number of esters is 1. The lowest BCUT2D eigenvalue weighted by Crippen LogP contribution is -2.50. The minimum absolute atomic E-state index is 0.0957. The fourth-order valence-corrected chi connectivity index (χ4v) is 11.0. The smallest absolute Gasteiger partial charge is 0.306 e. The van der Waals surface area contributed by atoms with Crippen LogP contribution in [-0.4, -0.2) is 90.4 Å². The monoisotopic (exact) mass is 892 g/mol. The number of hydrogen-bond acceptors (Lipinski definition) is 11. The predicted octanol–water partition coefficient (Wildman–Crippen LogP) is 7.06. The molecule has 0 spiro atoms. The quantitative estimate of drug-likeness (QED) is 0.155. The third-order valence-electron chi connectivity index (χ3n) is 13.5. The molecule has 340 valence electrons. The number of alkyl halides is 4. The highest BCUT2D eigenvalue weighted by Gasteiger charge is 2.66. The number of fused-ring (bicyclic) bond motifs is 5. The molecule has 8 atom stereocenters. The van der Waals surface area contributed by atoms with E-state index in [-0.39, 0.29) is 42.8 Å². The summed E-state index contributed by atoms with van der Waals surface area (Å²) >= 11 is 0. The largest absolute Gasteiger partial charge is 0.497 e. The van der Waals surface area contributed by atoms with Crippen LogP contribution >= 0.6 is 0 Å². The van der Waals surface area contributed by atoms with Gasteiger partial charge in [-0.2, -0.15) is 8.78 Å². The highest BCUT2D eigenvalue weighted by molar-refractivity contribution is 7.90. The molecule has 13 nitrogen and oxygen atoms in total. The van der Waals surface area contributed by atoms with Crippen molar-refractivity contribution in [3.8, 4) is 11.6 Å². The van der Waals surface area contributed by atoms with Crippen LogP contribution in [0.15, 0.2) is 30.4 Å². The van der Waals surface area contributed by atoms with E-state index in [2.05, 4.69) is 9.97 Å². The van der Waals surface area contributed by atoms with Gasteiger partial charge in [0.2, 0.25) is 34.1 Å². The number of Topliss-reactive ketones (excluding diaryl/α,β-unsaturated/α-hetero) is 1. The van der Waals surface area contributed by atoms with Gasteiger partial charge in [0.15, 0.2) is 11.5 Å². The Hall–Kier alpha value is -4.35. The lowest BCUT2D eigenvalue weighted by Gasteiger charge is -2.36. The molecule has 0 unspecified atom stereocenters. The first-order valence-electron chi connectivity index (χ1n) is 21.6. The molecule has 2 aromatic rings. The lowest BCUT2D eigenvalue weighted by molar-refractivity contribution is -0.159. The summed E-state index contributed by atoms with van der Waals surface area (Å²) < 4.78 is 107. The normalized spacial score (nSPS) is 30.7. The summed E-state index contributed by atoms with van der Waals surface area (Å²) in [6.07, 6.45) is -0.501. The van der Waals surface area contributed by atoms with Crippen LogP contribution in [0, 0.1) is 34.5 Å². The summed E-state index contributed by atoms with van der Waals surface area (Å²) in [5, 5.41) is -0.843. The maximum absolute atomic E-state index is 16.6. The maximum atomic E-state index is 16.6. The minimum atomic E-state index is -4.18. The number of halogens is 4. The highest BCUT2D eigenvalue weighted by Crippen LogP contribution is 2.59. The van der Waals surface area contributed by atoms with Crippen LogP contribution in [0.1, 0.15) is 110 Å². The molecule has 1 N–H and O–H groups in total. The van der Waals surface area contributed by atoms with E-state index < -0.39 is 129 Å². The third kappa shape index (κ3) is 9.30. The van der Waals surface area contributed by atoms with Crippen molar-refractivity contribution in [2.45, 2.75) is 141 Å². The van der Waals surface area contributed by atoms with Gasteiger partial charge in [-0.3, -0.25) is 23.9 Å². The molecule has 7 rings (SSSR count). The number of amides is 2. The SMILES string of the molecule is CC[C@@H]1[C@@H]2CN(C(=O)[C@H](C(C)(C)C)CC(=O)O[C@@H]3CC=CC[C@H]3CCCCC(F)(F)c3nc4ccc(OC)cc4nc3O2)[C@@H]1C(=O)C[C@]1(C(=O)NS(=O)(=O)C2CC2)C[C@H]1C(F)F. The Morgan fingerprint density at radius 1 is 1.02 bits per heavy atom. The topological polar surface area (TPSA) is 171 Å². The number of carbonyl (C=O) groups excluding carboxylic acids is 4. The van der Waals surface area contributed by atoms with Crippen LogP contribution in [0.3, 0.4) is 0 Å². The first kappa shape index (κ1) is 45.7. The van der Waals surface area contributed by atoms with Crippen molar-refractivity contribution < 1.29 is 59.4 Å². The highest BCUT2D eigenvalue weighted by atomic mass is 32.2. The van der Waals surface area contributed by atoms with Gasteiger partial charge in [-0.1, -0.05) is 46.3 Å². The van der Waals surface area contributed by atoms with Crippen LogP contribution in [0.5, 0.6) is 11.6 Å². The number of allylic oxidation sites excluding steroid dienone is 1. The van der Waals surface area contributed by atoms with E-state index in [1.165, 1.54) is 24.1 Å². The van der Waals surface area contributed by atoms with Gasteiger partial charge in [0, 0.05) is 37.2 Å². The fourth-order valence-electron chi connectivity index (χ4n) is 9.57. The summed E-state index contributed by atoms with van der Waals surface area (Å²) in [7, 11) is -2.74. The Morgan fingerprint density at radius 3 is 2.39 bits per heavy atom. The zero-order valence-electron chi connectivity index (χ0n) is 35.7. The summed E-state index contributed by atoms with van der Waals surface area (Å²) in [6, 6.07) is 3.12. The van der Waals surface area contributed by atoms with E-state index in [0.29, 0.717) is 44.3 Å². The first-order chi connectivity index (χ1) is 29.2. The standard InChI is InChI=1S/C44H56F4N4O9S/c1-6-27-34-23-52(36(27)32(53)22-43(21-29(43)38(45)46)41(56)51-62(57,58)26-15-16-26)40(55)28(42(2,3)4)20-35(54)60-33-13-8-7-11-24(33)12-9-10-18-44(47,48)37-39(61-34)50-31-19-25(59-5)14-17-30(31)49-37/h7-8,14,17,19,24,26-29,33-34,36,38H,6,9-13,15-16,18,20-23H2,1-5H3,(H,51,56)/t24-,27+,28+,29-,33+,34-,36-,43+/m0/s1. The predicted molar refractivity (Wildman–Crippen MR) is 218 cm³/mol. The Morgan fingerprint density at radius 2 is 1.74 bits per heavy atom. The van der Waals surface area contributed by atoms with Crippen molar-refractivity contribution in [2.24, 2.45) is 34.5 Å². The summed E-state index contributed by atoms with van der Waals surface area (Å²) in [6.45, 7) is 6.59. The van der Waals surface area contributed by atoms with Gasteiger partial charge in [0.25, 0.3) is 5.92 Å². The summed E-state index contributed by atoms with van der Waals surface area (Å²) in [5.41, 5.74) is -3.39. The van der Waals surface area contributed by atoms with Gasteiger partial charge in [-0.05, 0) is 68.4 Å². The second kappa shape index (κ2) is 17.3. The Bertz CT molecular complexity index is 2210. The zero-order valence-corrected chi connectivity index (χ0v) is 36.5. The molecule has 18 heteroatoms. The number of ether oxygens (including phenoxy) is 3. The number of rotatable bonds is 9. The molecule has 1 saturated heterocycles. The molecule has 2 bridgehead atoms. The van der Waals surface area contributed by atoms with E-state index >= 15 is 13.6 Å². The number of hydrogen-bond donors (Lipinski definition) is 1. The lowest BCUT2D eigenvalue weighted by atomic mass is 9.77. The second-order valence-corrected chi connectivity index (χ2v) is 20.8. The average Bonchev–Trinajstić information content (AvgIpc) is 4.14. The van der Waals surface area contributed by atoms with Crippen molar-refractivity contribution in [3.05, 3.63) is 36.0 Å². The number of sulfonamides is 1. The number of nitrogens with zero attached hydrogens (tertiary/aromatic N) is 3. The van der Waals surface area contributed by atoms with E-state index in [1.807, 2.05) is 16.9 Å². The van der Waals surface area contributed by atoms with E-state index in [0.717, 1.165) is 0 Å². The molecular weight excluding hydrogens is 837 g/mol. The van der Waals surface area contributed by atoms with Crippen molar-refractivity contribution in [2.75, 3.05) is 13.7 Å². The number of carbonyl (C=O) groups is 4. The van der Waals surface area contributed by atoms with Gasteiger partial charge in [-0.25, -0.2) is 27.2 Å². The number of nitrogens with one attached hydrogen (secondary N) is 1. The molecule has 3 aliphatic carbocycles. The maximum Gasteiger partial charge on any atom is 0.306 e. The van der Waals surface area contributed by atoms with Crippen LogP contribution in [0.2, 0.25) is 0 Å². The van der Waals surface area contributed by atoms with E-state index in [4.69, 9.17) is 14.2 Å². The van der Waals surface area contributed by atoms with Crippen LogP contribution in [-0.2, 0) is 39.9 Å². The third-order valence-corrected chi connectivity index (χ3v) is 15.3. The minimum Gasteiger partial charge on any atom is -0.497 e.